The van der Waals surface area contributed by atoms with E-state index in [0.29, 0.717) is 12.4 Å². The van der Waals surface area contributed by atoms with Gasteiger partial charge in [-0.3, -0.25) is 4.90 Å². The predicted octanol–water partition coefficient (Wildman–Crippen LogP) is 0.971. The van der Waals surface area contributed by atoms with Crippen molar-refractivity contribution in [3.05, 3.63) is 30.3 Å². The van der Waals surface area contributed by atoms with Crippen molar-refractivity contribution >= 4 is 12.1 Å². The van der Waals surface area contributed by atoms with Gasteiger partial charge in [-0.2, -0.15) is 0 Å². The quantitative estimate of drug-likeness (QED) is 0.847. The van der Waals surface area contributed by atoms with E-state index in [-0.39, 0.29) is 13.2 Å². The zero-order valence-electron chi connectivity index (χ0n) is 9.61. The maximum atomic E-state index is 11.9. The van der Waals surface area contributed by atoms with Crippen molar-refractivity contribution in [2.24, 2.45) is 0 Å². The van der Waals surface area contributed by atoms with Crippen molar-refractivity contribution in [3.63, 3.8) is 0 Å². The molecule has 2 rings (SSSR count). The lowest BCUT2D eigenvalue weighted by Crippen LogP contribution is -2.53. The topological polar surface area (TPSA) is 76.1 Å². The van der Waals surface area contributed by atoms with Crippen molar-refractivity contribution in [2.75, 3.05) is 19.8 Å². The van der Waals surface area contributed by atoms with Gasteiger partial charge in [0.05, 0.1) is 13.2 Å². The minimum atomic E-state index is -1.10. The minimum absolute atomic E-state index is 0.0147. The highest BCUT2D eigenvalue weighted by atomic mass is 16.6. The number of para-hydroxylation sites is 1. The Bertz CT molecular complexity index is 433. The third-order valence-electron chi connectivity index (χ3n) is 2.60. The summed E-state index contributed by atoms with van der Waals surface area (Å²) in [5, 5.41) is 8.99. The molecule has 0 aromatic heterocycles. The zero-order chi connectivity index (χ0) is 13.0. The van der Waals surface area contributed by atoms with Gasteiger partial charge < -0.3 is 14.6 Å². The van der Waals surface area contributed by atoms with Crippen LogP contribution in [0.4, 0.5) is 4.79 Å². The van der Waals surface area contributed by atoms with E-state index >= 15 is 0 Å². The Balaban J connectivity index is 2.05. The van der Waals surface area contributed by atoms with Crippen LogP contribution in [0.25, 0.3) is 0 Å². The summed E-state index contributed by atoms with van der Waals surface area (Å²) in [6.07, 6.45) is -0.670. The number of hydrogen-bond donors (Lipinski definition) is 1. The van der Waals surface area contributed by atoms with Crippen LogP contribution in [0, 0.1) is 0 Å². The molecule has 0 bridgehead atoms. The number of hydrogen-bond acceptors (Lipinski definition) is 4. The number of amides is 1. The van der Waals surface area contributed by atoms with Crippen LogP contribution < -0.4 is 4.74 Å². The average molecular weight is 251 g/mol. The van der Waals surface area contributed by atoms with Crippen LogP contribution in [0.15, 0.2) is 30.3 Å². The van der Waals surface area contributed by atoms with Crippen LogP contribution >= 0.6 is 0 Å². The fourth-order valence-electron chi connectivity index (χ4n) is 1.67. The lowest BCUT2D eigenvalue weighted by molar-refractivity contribution is -0.147. The molecule has 1 atom stereocenters. The second kappa shape index (κ2) is 5.50. The van der Waals surface area contributed by atoms with Gasteiger partial charge in [-0.25, -0.2) is 9.59 Å². The molecule has 18 heavy (non-hydrogen) atoms. The molecule has 1 heterocycles. The normalized spacial score (nSPS) is 19.3. The lowest BCUT2D eigenvalue weighted by atomic mass is 10.2. The Kier molecular flexibility index (Phi) is 3.78. The van der Waals surface area contributed by atoms with E-state index in [9.17, 15) is 9.59 Å². The molecule has 1 aromatic carbocycles. The number of carbonyl (C=O) groups excluding carboxylic acids is 1. The van der Waals surface area contributed by atoms with Crippen LogP contribution in [0.5, 0.6) is 5.75 Å². The van der Waals surface area contributed by atoms with Gasteiger partial charge in [0.1, 0.15) is 5.75 Å². The lowest BCUT2D eigenvalue weighted by Gasteiger charge is -2.31. The number of benzene rings is 1. The van der Waals surface area contributed by atoms with E-state index in [2.05, 4.69) is 0 Å². The molecular weight excluding hydrogens is 238 g/mol. The Morgan fingerprint density at radius 3 is 2.72 bits per heavy atom. The Morgan fingerprint density at radius 2 is 2.06 bits per heavy atom. The van der Waals surface area contributed by atoms with Crippen LogP contribution in [0.1, 0.15) is 0 Å². The summed E-state index contributed by atoms with van der Waals surface area (Å²) in [7, 11) is 0. The van der Waals surface area contributed by atoms with Crippen LogP contribution in [-0.2, 0) is 9.53 Å². The van der Waals surface area contributed by atoms with Gasteiger partial charge >= 0.3 is 12.1 Å². The highest BCUT2D eigenvalue weighted by Gasteiger charge is 2.33. The molecule has 1 aromatic rings. The van der Waals surface area contributed by atoms with Gasteiger partial charge in [-0.05, 0) is 12.1 Å². The largest absolute Gasteiger partial charge is 0.480 e. The first-order valence-corrected chi connectivity index (χ1v) is 5.52. The number of morpholine rings is 1. The minimum Gasteiger partial charge on any atom is -0.480 e. The standard InChI is InChI=1S/C12H13NO5/c14-11(15)10-8-17-7-6-13(10)12(16)18-9-4-2-1-3-5-9/h1-5,10H,6-8H2,(H,14,15). The first-order chi connectivity index (χ1) is 8.68. The van der Waals surface area contributed by atoms with Gasteiger partial charge in [0.15, 0.2) is 6.04 Å². The van der Waals surface area contributed by atoms with Crippen LogP contribution in [0.2, 0.25) is 0 Å². The van der Waals surface area contributed by atoms with E-state index < -0.39 is 18.1 Å². The molecule has 1 saturated heterocycles. The predicted molar refractivity (Wildman–Crippen MR) is 61.4 cm³/mol. The van der Waals surface area contributed by atoms with Crippen LogP contribution in [-0.4, -0.2) is 47.9 Å². The zero-order valence-corrected chi connectivity index (χ0v) is 9.61. The summed E-state index contributed by atoms with van der Waals surface area (Å²) >= 11 is 0. The van der Waals surface area contributed by atoms with Gasteiger partial charge in [0.25, 0.3) is 0 Å². The molecule has 1 unspecified atom stereocenters. The first kappa shape index (κ1) is 12.4. The molecule has 1 N–H and O–H groups in total. The second-order valence-electron chi connectivity index (χ2n) is 3.80. The van der Waals surface area contributed by atoms with Crippen molar-refractivity contribution in [2.45, 2.75) is 6.04 Å². The Hall–Kier alpha value is -2.08. The fraction of sp³-hybridized carbons (Fsp3) is 0.333. The van der Waals surface area contributed by atoms with Crippen molar-refractivity contribution < 1.29 is 24.2 Å². The summed E-state index contributed by atoms with van der Waals surface area (Å²) in [6.45, 7) is 0.509. The van der Waals surface area contributed by atoms with E-state index in [0.717, 1.165) is 0 Å². The highest BCUT2D eigenvalue weighted by Crippen LogP contribution is 2.14. The second-order valence-corrected chi connectivity index (χ2v) is 3.80. The van der Waals surface area contributed by atoms with Gasteiger partial charge in [-0.1, -0.05) is 18.2 Å². The number of rotatable bonds is 2. The molecule has 96 valence electrons. The monoisotopic (exact) mass is 251 g/mol. The number of aliphatic carboxylic acids is 1. The molecule has 1 amide bonds. The van der Waals surface area contributed by atoms with Crippen molar-refractivity contribution in [3.8, 4) is 5.75 Å². The molecule has 6 heteroatoms. The molecule has 1 fully saturated rings. The number of carboxylic acids is 1. The van der Waals surface area contributed by atoms with Crippen molar-refractivity contribution in [1.29, 1.82) is 0 Å². The summed E-state index contributed by atoms with van der Waals surface area (Å²) in [4.78, 5) is 24.0. The number of nitrogens with zero attached hydrogens (tertiary/aromatic N) is 1. The first-order valence-electron chi connectivity index (χ1n) is 5.52. The van der Waals surface area contributed by atoms with E-state index in [1.807, 2.05) is 0 Å². The van der Waals surface area contributed by atoms with Gasteiger partial charge in [0.2, 0.25) is 0 Å². The average Bonchev–Trinajstić information content (AvgIpc) is 2.40. The number of carbonyl (C=O) groups is 2. The maximum absolute atomic E-state index is 11.9. The third kappa shape index (κ3) is 2.78. The van der Waals surface area contributed by atoms with E-state index in [4.69, 9.17) is 14.6 Å². The fourth-order valence-corrected chi connectivity index (χ4v) is 1.67. The molecule has 0 saturated carbocycles. The number of carboxylic acid groups (broad SMARTS) is 1. The smallest absolute Gasteiger partial charge is 0.416 e. The summed E-state index contributed by atoms with van der Waals surface area (Å²) < 4.78 is 10.1. The Morgan fingerprint density at radius 1 is 1.33 bits per heavy atom. The van der Waals surface area contributed by atoms with E-state index in [1.165, 1.54) is 4.90 Å². The van der Waals surface area contributed by atoms with Gasteiger partial charge in [0, 0.05) is 6.54 Å². The maximum Gasteiger partial charge on any atom is 0.416 e. The third-order valence-corrected chi connectivity index (χ3v) is 2.60. The summed E-state index contributed by atoms with van der Waals surface area (Å²) in [5.74, 6) is -0.710. The SMILES string of the molecule is O=C(O)C1COCCN1C(=O)Oc1ccccc1. The molecule has 6 nitrogen and oxygen atoms in total. The van der Waals surface area contributed by atoms with Gasteiger partial charge in [-0.15, -0.1) is 0 Å². The highest BCUT2D eigenvalue weighted by molar-refractivity contribution is 5.81. The van der Waals surface area contributed by atoms with Crippen LogP contribution in [0.3, 0.4) is 0 Å². The molecule has 1 aliphatic rings. The van der Waals surface area contributed by atoms with E-state index in [1.54, 1.807) is 30.3 Å². The van der Waals surface area contributed by atoms with Crippen molar-refractivity contribution in [1.82, 2.24) is 4.90 Å². The molecular formula is C12H13NO5. The molecule has 0 spiro atoms. The molecule has 0 aliphatic carbocycles. The molecule has 1 aliphatic heterocycles. The number of ether oxygens (including phenoxy) is 2. The summed E-state index contributed by atoms with van der Waals surface area (Å²) in [6, 6.07) is 7.54. The Labute approximate surface area is 104 Å². The molecule has 0 radical (unpaired) electrons. The summed E-state index contributed by atoms with van der Waals surface area (Å²) in [5.41, 5.74) is 0.